The van der Waals surface area contributed by atoms with Gasteiger partial charge in [-0.25, -0.2) is 17.9 Å². The number of para-hydroxylation sites is 1. The number of hydrogen-bond donors (Lipinski definition) is 2. The quantitative estimate of drug-likeness (QED) is 0.308. The standard InChI is InChI=1S/C29H37N7O4S/c1-21(37)20-34-14-7-15-35(17-16-34)22-10-12-25(28(18-22)40-3)31-29-30-19-23-11-13-27(36(23)32-29)24-8-5-6-9-26(24)33(2)41(4,38)39/h5-6,8-13,18-19,21,37H,7,14-17,20H2,1-4H3,(H,31,32)/t21-/m1/s1. The Hall–Kier alpha value is -3.87. The molecule has 1 aliphatic rings. The molecule has 1 aliphatic heterocycles. The third-order valence-corrected chi connectivity index (χ3v) is 8.51. The second kappa shape index (κ2) is 11.9. The molecule has 2 aromatic carbocycles. The second-order valence-electron chi connectivity index (χ2n) is 10.4. The van der Waals surface area contributed by atoms with Gasteiger partial charge in [0.05, 0.1) is 48.3 Å². The molecule has 5 rings (SSSR count). The number of rotatable bonds is 9. The zero-order valence-electron chi connectivity index (χ0n) is 23.9. The van der Waals surface area contributed by atoms with Gasteiger partial charge in [0.2, 0.25) is 16.0 Å². The normalized spacial score (nSPS) is 15.5. The van der Waals surface area contributed by atoms with E-state index in [0.29, 0.717) is 23.9 Å². The maximum atomic E-state index is 12.3. The highest BCUT2D eigenvalue weighted by atomic mass is 32.2. The number of β-amino-alcohol motifs (C(OH)–C–C–N with tert-alkyl or cyclic N) is 1. The van der Waals surface area contributed by atoms with Gasteiger partial charge in [0.15, 0.2) is 0 Å². The van der Waals surface area contributed by atoms with Crippen molar-refractivity contribution in [2.45, 2.75) is 19.4 Å². The van der Waals surface area contributed by atoms with Crippen molar-refractivity contribution in [3.8, 4) is 17.0 Å². The van der Waals surface area contributed by atoms with Gasteiger partial charge in [-0.15, -0.1) is 5.10 Å². The number of aliphatic hydroxyl groups excluding tert-OH is 1. The molecule has 3 heterocycles. The molecule has 0 radical (unpaired) electrons. The van der Waals surface area contributed by atoms with Crippen LogP contribution in [0.15, 0.2) is 60.8 Å². The van der Waals surface area contributed by atoms with Crippen LogP contribution in [0.4, 0.5) is 23.0 Å². The maximum absolute atomic E-state index is 12.3. The highest BCUT2D eigenvalue weighted by Gasteiger charge is 2.20. The van der Waals surface area contributed by atoms with Crippen LogP contribution in [0, 0.1) is 0 Å². The molecular weight excluding hydrogens is 542 g/mol. The van der Waals surface area contributed by atoms with Gasteiger partial charge in [0.1, 0.15) is 5.75 Å². The van der Waals surface area contributed by atoms with Gasteiger partial charge < -0.3 is 20.1 Å². The molecule has 0 spiro atoms. The van der Waals surface area contributed by atoms with E-state index in [1.54, 1.807) is 30.9 Å². The first-order valence-corrected chi connectivity index (χ1v) is 15.5. The van der Waals surface area contributed by atoms with Crippen LogP contribution in [-0.2, 0) is 10.0 Å². The monoisotopic (exact) mass is 579 g/mol. The van der Waals surface area contributed by atoms with Crippen LogP contribution in [0.5, 0.6) is 5.75 Å². The first kappa shape index (κ1) is 28.7. The average molecular weight is 580 g/mol. The summed E-state index contributed by atoms with van der Waals surface area (Å²) in [5.74, 6) is 1.04. The molecule has 4 aromatic rings. The molecule has 12 heteroatoms. The largest absolute Gasteiger partial charge is 0.494 e. The molecular formula is C29H37N7O4S. The first-order valence-electron chi connectivity index (χ1n) is 13.6. The molecule has 218 valence electrons. The van der Waals surface area contributed by atoms with Crippen LogP contribution in [0.1, 0.15) is 13.3 Å². The molecule has 1 saturated heterocycles. The second-order valence-corrected chi connectivity index (χ2v) is 12.4. The number of aromatic nitrogens is 3. The summed E-state index contributed by atoms with van der Waals surface area (Å²) in [7, 11) is -0.272. The molecule has 2 N–H and O–H groups in total. The Morgan fingerprint density at radius 3 is 2.66 bits per heavy atom. The molecule has 1 atom stereocenters. The minimum Gasteiger partial charge on any atom is -0.494 e. The predicted octanol–water partition coefficient (Wildman–Crippen LogP) is 3.44. The number of sulfonamides is 1. The Morgan fingerprint density at radius 1 is 1.10 bits per heavy atom. The average Bonchev–Trinajstić information content (AvgIpc) is 3.22. The van der Waals surface area contributed by atoms with Gasteiger partial charge in [0, 0.05) is 50.5 Å². The van der Waals surface area contributed by atoms with E-state index in [-0.39, 0.29) is 6.10 Å². The number of fused-ring (bicyclic) bond motifs is 1. The number of aliphatic hydroxyl groups is 1. The van der Waals surface area contributed by atoms with Crippen molar-refractivity contribution >= 4 is 38.6 Å². The fourth-order valence-corrected chi connectivity index (χ4v) is 5.71. The van der Waals surface area contributed by atoms with Gasteiger partial charge in [-0.2, -0.15) is 0 Å². The van der Waals surface area contributed by atoms with E-state index >= 15 is 0 Å². The Balaban J connectivity index is 1.40. The Morgan fingerprint density at radius 2 is 1.90 bits per heavy atom. The Bertz CT molecular complexity index is 1620. The van der Waals surface area contributed by atoms with Crippen molar-refractivity contribution in [2.24, 2.45) is 0 Å². The number of hydrogen-bond acceptors (Lipinski definition) is 9. The van der Waals surface area contributed by atoms with Crippen LogP contribution in [0.3, 0.4) is 0 Å². The highest BCUT2D eigenvalue weighted by Crippen LogP contribution is 2.34. The van der Waals surface area contributed by atoms with Crippen molar-refractivity contribution in [1.29, 1.82) is 0 Å². The van der Waals surface area contributed by atoms with Crippen LogP contribution in [-0.4, -0.2) is 92.3 Å². The van der Waals surface area contributed by atoms with E-state index in [1.165, 1.54) is 10.6 Å². The molecule has 0 amide bonds. The van der Waals surface area contributed by atoms with Crippen LogP contribution >= 0.6 is 0 Å². The highest BCUT2D eigenvalue weighted by molar-refractivity contribution is 7.92. The summed E-state index contributed by atoms with van der Waals surface area (Å²) in [5, 5.41) is 17.8. The summed E-state index contributed by atoms with van der Waals surface area (Å²) >= 11 is 0. The van der Waals surface area contributed by atoms with Gasteiger partial charge in [0.25, 0.3) is 0 Å². The molecule has 2 aromatic heterocycles. The predicted molar refractivity (Wildman–Crippen MR) is 163 cm³/mol. The number of nitrogens with one attached hydrogen (secondary N) is 1. The summed E-state index contributed by atoms with van der Waals surface area (Å²) in [6.07, 6.45) is 3.59. The Labute approximate surface area is 241 Å². The van der Waals surface area contributed by atoms with Crippen LogP contribution in [0.25, 0.3) is 16.8 Å². The lowest BCUT2D eigenvalue weighted by Crippen LogP contribution is -2.35. The maximum Gasteiger partial charge on any atom is 0.245 e. The molecule has 1 fully saturated rings. The lowest BCUT2D eigenvalue weighted by molar-refractivity contribution is 0.131. The summed E-state index contributed by atoms with van der Waals surface area (Å²) in [5.41, 5.74) is 4.61. The van der Waals surface area contributed by atoms with Crippen LogP contribution < -0.4 is 19.3 Å². The lowest BCUT2D eigenvalue weighted by Gasteiger charge is -2.25. The van der Waals surface area contributed by atoms with E-state index < -0.39 is 10.0 Å². The molecule has 11 nitrogen and oxygen atoms in total. The first-order chi connectivity index (χ1) is 19.6. The van der Waals surface area contributed by atoms with E-state index in [1.807, 2.05) is 49.4 Å². The number of anilines is 4. The number of nitrogens with zero attached hydrogens (tertiary/aromatic N) is 6. The van der Waals surface area contributed by atoms with Crippen molar-refractivity contribution in [2.75, 3.05) is 67.7 Å². The fraction of sp³-hybridized carbons (Fsp3) is 0.379. The SMILES string of the molecule is COc1cc(N2CCCN(C[C@@H](C)O)CC2)ccc1Nc1ncc2ccc(-c3ccccc3N(C)S(C)(=O)=O)n2n1. The van der Waals surface area contributed by atoms with Gasteiger partial charge >= 0.3 is 0 Å². The molecule has 0 aliphatic carbocycles. The van der Waals surface area contributed by atoms with E-state index in [2.05, 4.69) is 26.2 Å². The Kier molecular flexibility index (Phi) is 8.34. The van der Waals surface area contributed by atoms with Crippen molar-refractivity contribution in [1.82, 2.24) is 19.5 Å². The third-order valence-electron chi connectivity index (χ3n) is 7.32. The van der Waals surface area contributed by atoms with Gasteiger partial charge in [-0.3, -0.25) is 9.21 Å². The van der Waals surface area contributed by atoms with E-state index in [0.717, 1.165) is 60.7 Å². The third kappa shape index (κ3) is 6.39. The topological polar surface area (TPSA) is 116 Å². The molecule has 0 saturated carbocycles. The molecule has 41 heavy (non-hydrogen) atoms. The fourth-order valence-electron chi connectivity index (χ4n) is 5.19. The van der Waals surface area contributed by atoms with Crippen molar-refractivity contribution in [3.05, 3.63) is 60.8 Å². The minimum atomic E-state index is -3.45. The number of ether oxygens (including phenoxy) is 1. The smallest absolute Gasteiger partial charge is 0.245 e. The van der Waals surface area contributed by atoms with Gasteiger partial charge in [-0.05, 0) is 50.2 Å². The zero-order valence-corrected chi connectivity index (χ0v) is 24.7. The van der Waals surface area contributed by atoms with Crippen molar-refractivity contribution in [3.63, 3.8) is 0 Å². The zero-order chi connectivity index (χ0) is 29.1. The summed E-state index contributed by atoms with van der Waals surface area (Å²) in [6.45, 7) is 6.17. The number of benzene rings is 2. The van der Waals surface area contributed by atoms with E-state index in [9.17, 15) is 13.5 Å². The summed E-state index contributed by atoms with van der Waals surface area (Å²) in [4.78, 5) is 9.14. The molecule has 0 unspecified atom stereocenters. The van der Waals surface area contributed by atoms with Gasteiger partial charge in [-0.1, -0.05) is 18.2 Å². The minimum absolute atomic E-state index is 0.334. The number of methoxy groups -OCH3 is 1. The lowest BCUT2D eigenvalue weighted by atomic mass is 10.1. The van der Waals surface area contributed by atoms with E-state index in [4.69, 9.17) is 9.84 Å². The van der Waals surface area contributed by atoms with Crippen LogP contribution in [0.2, 0.25) is 0 Å². The summed E-state index contributed by atoms with van der Waals surface area (Å²) < 4.78 is 33.3. The summed E-state index contributed by atoms with van der Waals surface area (Å²) in [6, 6.07) is 17.2. The van der Waals surface area contributed by atoms with Crippen molar-refractivity contribution < 1.29 is 18.3 Å². The molecule has 0 bridgehead atoms.